The van der Waals surface area contributed by atoms with E-state index >= 15 is 0 Å². The van der Waals surface area contributed by atoms with E-state index in [1.807, 2.05) is 59.4 Å². The summed E-state index contributed by atoms with van der Waals surface area (Å²) in [5.74, 6) is 1.48. The quantitative estimate of drug-likeness (QED) is 0.230. The van der Waals surface area contributed by atoms with E-state index in [-0.39, 0.29) is 0 Å². The first-order valence-corrected chi connectivity index (χ1v) is 12.2. The van der Waals surface area contributed by atoms with Crippen LogP contribution in [0.5, 0.6) is 17.2 Å². The lowest BCUT2D eigenvalue weighted by Crippen LogP contribution is -2.14. The van der Waals surface area contributed by atoms with Crippen molar-refractivity contribution in [2.24, 2.45) is 0 Å². The zero-order chi connectivity index (χ0) is 24.9. The minimum atomic E-state index is 0.293. The Morgan fingerprint density at radius 1 is 1.03 bits per heavy atom. The molecule has 2 N–H and O–H groups in total. The molecule has 8 nitrogen and oxygen atoms in total. The number of ether oxygens (including phenoxy) is 2. The third kappa shape index (κ3) is 5.37. The summed E-state index contributed by atoms with van der Waals surface area (Å²) in [6, 6.07) is 9.78. The standard InChI is InChI=1S/C24H25Cl2N5O3S/c1-30(2)24-19(34-29-23-21(25)17(32-3)11-18(33-4)22(23)26)13-35-20(24)12-28-15-5-7-16(8-6-15)31-10-9-27-14-31/h5-11,13-14,28-29H,12H2,1-4H3. The van der Waals surface area contributed by atoms with E-state index in [2.05, 4.69) is 15.8 Å². The fourth-order valence-corrected chi connectivity index (χ4v) is 5.01. The fourth-order valence-electron chi connectivity index (χ4n) is 3.47. The zero-order valence-corrected chi connectivity index (χ0v) is 22.0. The molecule has 0 bridgehead atoms. The molecule has 4 aromatic rings. The second kappa shape index (κ2) is 11.0. The molecule has 0 unspecified atom stereocenters. The molecule has 2 aromatic carbocycles. The van der Waals surface area contributed by atoms with Crippen LogP contribution in [0, 0.1) is 0 Å². The van der Waals surface area contributed by atoms with Crippen molar-refractivity contribution in [2.75, 3.05) is 44.0 Å². The van der Waals surface area contributed by atoms with Gasteiger partial charge in [0.2, 0.25) is 0 Å². The Balaban J connectivity index is 1.49. The molecule has 4 rings (SSSR count). The van der Waals surface area contributed by atoms with Crippen LogP contribution >= 0.6 is 34.5 Å². The minimum Gasteiger partial charge on any atom is -0.495 e. The number of nitrogens with one attached hydrogen (secondary N) is 2. The van der Waals surface area contributed by atoms with Gasteiger partial charge in [-0.1, -0.05) is 23.2 Å². The molecule has 11 heteroatoms. The number of benzene rings is 2. The maximum atomic E-state index is 6.45. The van der Waals surface area contributed by atoms with E-state index in [1.165, 1.54) is 14.2 Å². The maximum Gasteiger partial charge on any atom is 0.189 e. The Kier molecular flexibility index (Phi) is 7.80. The van der Waals surface area contributed by atoms with Crippen LogP contribution in [0.3, 0.4) is 0 Å². The molecule has 0 radical (unpaired) electrons. The molecule has 2 heterocycles. The van der Waals surface area contributed by atoms with Gasteiger partial charge in [-0.15, -0.1) is 11.3 Å². The first-order valence-electron chi connectivity index (χ1n) is 10.6. The monoisotopic (exact) mass is 533 g/mol. The largest absolute Gasteiger partial charge is 0.495 e. The molecule has 0 aliphatic rings. The van der Waals surface area contributed by atoms with Crippen molar-refractivity contribution >= 4 is 51.6 Å². The Morgan fingerprint density at radius 3 is 2.29 bits per heavy atom. The highest BCUT2D eigenvalue weighted by Gasteiger charge is 2.20. The van der Waals surface area contributed by atoms with Gasteiger partial charge in [0.1, 0.15) is 27.2 Å². The highest BCUT2D eigenvalue weighted by atomic mass is 35.5. The number of thiophene rings is 1. The normalized spacial score (nSPS) is 10.7. The molecule has 2 aromatic heterocycles. The van der Waals surface area contributed by atoms with Crippen LogP contribution in [0.1, 0.15) is 4.88 Å². The van der Waals surface area contributed by atoms with Crippen molar-refractivity contribution in [3.05, 3.63) is 69.4 Å². The Morgan fingerprint density at radius 2 is 1.71 bits per heavy atom. The number of aromatic nitrogens is 2. The van der Waals surface area contributed by atoms with Gasteiger partial charge in [-0.2, -0.15) is 0 Å². The third-order valence-electron chi connectivity index (χ3n) is 5.21. The summed E-state index contributed by atoms with van der Waals surface area (Å²) in [6.45, 7) is 0.625. The lowest BCUT2D eigenvalue weighted by Gasteiger charge is -2.19. The van der Waals surface area contributed by atoms with Crippen LogP contribution in [0.15, 0.2) is 54.4 Å². The van der Waals surface area contributed by atoms with E-state index in [9.17, 15) is 0 Å². The molecule has 35 heavy (non-hydrogen) atoms. The number of methoxy groups -OCH3 is 2. The number of imidazole rings is 1. The Labute approximate surface area is 217 Å². The maximum absolute atomic E-state index is 6.45. The van der Waals surface area contributed by atoms with Crippen molar-refractivity contribution in [3.8, 4) is 22.9 Å². The van der Waals surface area contributed by atoms with E-state index < -0.39 is 0 Å². The second-order valence-corrected chi connectivity index (χ2v) is 9.34. The molecule has 184 valence electrons. The molecular formula is C24H25Cl2N5O3S. The molecular weight excluding hydrogens is 509 g/mol. The van der Waals surface area contributed by atoms with Gasteiger partial charge in [-0.05, 0) is 24.3 Å². The molecule has 0 aliphatic carbocycles. The van der Waals surface area contributed by atoms with Gasteiger partial charge >= 0.3 is 0 Å². The number of rotatable bonds is 10. The van der Waals surface area contributed by atoms with Gasteiger partial charge < -0.3 is 29.1 Å². The number of hydrogen-bond acceptors (Lipinski definition) is 8. The van der Waals surface area contributed by atoms with Gasteiger partial charge in [-0.3, -0.25) is 0 Å². The summed E-state index contributed by atoms with van der Waals surface area (Å²) < 4.78 is 12.6. The second-order valence-electron chi connectivity index (χ2n) is 7.62. The van der Waals surface area contributed by atoms with Crippen LogP contribution in [0.4, 0.5) is 17.1 Å². The van der Waals surface area contributed by atoms with E-state index in [0.717, 1.165) is 21.9 Å². The van der Waals surface area contributed by atoms with Crippen molar-refractivity contribution in [3.63, 3.8) is 0 Å². The predicted octanol–water partition coefficient (Wildman–Crippen LogP) is 6.34. The molecule has 0 saturated carbocycles. The lowest BCUT2D eigenvalue weighted by atomic mass is 10.2. The summed E-state index contributed by atoms with van der Waals surface area (Å²) >= 11 is 14.5. The first kappa shape index (κ1) is 24.8. The van der Waals surface area contributed by atoms with Crippen molar-refractivity contribution in [2.45, 2.75) is 6.54 Å². The van der Waals surface area contributed by atoms with Crippen LogP contribution < -0.4 is 30.0 Å². The molecule has 0 atom stereocenters. The van der Waals surface area contributed by atoms with E-state index in [0.29, 0.717) is 39.5 Å². The first-order chi connectivity index (χ1) is 16.9. The van der Waals surface area contributed by atoms with E-state index in [1.54, 1.807) is 29.9 Å². The Bertz CT molecular complexity index is 1250. The molecule has 0 amide bonds. The van der Waals surface area contributed by atoms with Gasteiger partial charge in [0, 0.05) is 49.3 Å². The predicted molar refractivity (Wildman–Crippen MR) is 143 cm³/mol. The highest BCUT2D eigenvalue weighted by Crippen LogP contribution is 2.45. The van der Waals surface area contributed by atoms with Crippen molar-refractivity contribution < 1.29 is 14.3 Å². The van der Waals surface area contributed by atoms with E-state index in [4.69, 9.17) is 37.5 Å². The number of nitrogens with zero attached hydrogens (tertiary/aromatic N) is 3. The summed E-state index contributed by atoms with van der Waals surface area (Å²) in [7, 11) is 6.97. The summed E-state index contributed by atoms with van der Waals surface area (Å²) in [5, 5.41) is 5.99. The smallest absolute Gasteiger partial charge is 0.189 e. The SMILES string of the molecule is COc1cc(OC)c(Cl)c(NOc2csc(CNc3ccc(-n4ccnc4)cc3)c2N(C)C)c1Cl. The van der Waals surface area contributed by atoms with Gasteiger partial charge in [0.25, 0.3) is 0 Å². The minimum absolute atomic E-state index is 0.293. The average molecular weight is 534 g/mol. The topological polar surface area (TPSA) is 72.8 Å². The molecule has 0 aliphatic heterocycles. The molecule has 0 fully saturated rings. The van der Waals surface area contributed by atoms with Crippen LogP contribution in [0.2, 0.25) is 10.0 Å². The molecule has 0 saturated heterocycles. The fraction of sp³-hybridized carbons (Fsp3) is 0.208. The molecule has 0 spiro atoms. The lowest BCUT2D eigenvalue weighted by molar-refractivity contribution is 0.388. The number of anilines is 3. The summed E-state index contributed by atoms with van der Waals surface area (Å²) in [4.78, 5) is 13.1. The summed E-state index contributed by atoms with van der Waals surface area (Å²) in [6.07, 6.45) is 5.44. The van der Waals surface area contributed by atoms with Gasteiger partial charge in [0.05, 0.1) is 37.7 Å². The average Bonchev–Trinajstić information content (AvgIpc) is 3.54. The van der Waals surface area contributed by atoms with Crippen LogP contribution in [-0.4, -0.2) is 37.9 Å². The zero-order valence-electron chi connectivity index (χ0n) is 19.6. The third-order valence-corrected chi connectivity index (χ3v) is 6.92. The van der Waals surface area contributed by atoms with Gasteiger partial charge in [0.15, 0.2) is 5.75 Å². The summed E-state index contributed by atoms with van der Waals surface area (Å²) in [5.41, 5.74) is 6.23. The Hall–Kier alpha value is -3.27. The van der Waals surface area contributed by atoms with Crippen LogP contribution in [-0.2, 0) is 6.54 Å². The van der Waals surface area contributed by atoms with Crippen molar-refractivity contribution in [1.29, 1.82) is 0 Å². The van der Waals surface area contributed by atoms with Crippen LogP contribution in [0.25, 0.3) is 5.69 Å². The van der Waals surface area contributed by atoms with Crippen molar-refractivity contribution in [1.82, 2.24) is 9.55 Å². The number of halogens is 2. The van der Waals surface area contributed by atoms with Gasteiger partial charge in [-0.25, -0.2) is 10.5 Å². The number of hydrogen-bond donors (Lipinski definition) is 2. The highest BCUT2D eigenvalue weighted by molar-refractivity contribution is 7.10.